The average Bonchev–Trinajstić information content (AvgIpc) is 2.42. The van der Waals surface area contributed by atoms with Crippen molar-refractivity contribution in [3.8, 4) is 0 Å². The van der Waals surface area contributed by atoms with Crippen molar-refractivity contribution in [3.63, 3.8) is 0 Å². The van der Waals surface area contributed by atoms with E-state index < -0.39 is 0 Å². The highest BCUT2D eigenvalue weighted by atomic mass is 35.5. The molecule has 1 N–H and O–H groups in total. The van der Waals surface area contributed by atoms with Crippen molar-refractivity contribution in [1.82, 2.24) is 9.97 Å². The summed E-state index contributed by atoms with van der Waals surface area (Å²) in [5.74, 6) is 0.618. The fourth-order valence-electron chi connectivity index (χ4n) is 1.87. The molecule has 0 amide bonds. The van der Waals surface area contributed by atoms with Gasteiger partial charge in [0, 0.05) is 13.7 Å². The fourth-order valence-corrected chi connectivity index (χ4v) is 2.11. The molecule has 0 radical (unpaired) electrons. The van der Waals surface area contributed by atoms with E-state index in [1.54, 1.807) is 7.11 Å². The van der Waals surface area contributed by atoms with E-state index in [0.29, 0.717) is 24.1 Å². The molecular weight excluding hydrogens is 274 g/mol. The smallest absolute Gasteiger partial charge is 0.171 e. The van der Waals surface area contributed by atoms with Gasteiger partial charge >= 0.3 is 0 Å². The van der Waals surface area contributed by atoms with Crippen molar-refractivity contribution in [2.45, 2.75) is 27.0 Å². The van der Waals surface area contributed by atoms with Crippen LogP contribution in [0.15, 0.2) is 24.3 Å². The van der Waals surface area contributed by atoms with Crippen molar-refractivity contribution >= 4 is 17.4 Å². The molecule has 0 saturated carbocycles. The number of aromatic nitrogens is 2. The van der Waals surface area contributed by atoms with Crippen LogP contribution in [0, 0.1) is 13.8 Å². The van der Waals surface area contributed by atoms with Crippen LogP contribution in [0.25, 0.3) is 0 Å². The SMILES string of the molecule is COCc1cccc(CNc2nc(C)c(C)nc2Cl)c1. The van der Waals surface area contributed by atoms with E-state index in [9.17, 15) is 0 Å². The predicted octanol–water partition coefficient (Wildman–Crippen LogP) is 3.51. The highest BCUT2D eigenvalue weighted by Gasteiger charge is 2.06. The first kappa shape index (κ1) is 14.8. The normalized spacial score (nSPS) is 10.6. The van der Waals surface area contributed by atoms with E-state index in [2.05, 4.69) is 27.4 Å². The first-order valence-corrected chi connectivity index (χ1v) is 6.79. The van der Waals surface area contributed by atoms with Gasteiger partial charge in [0.05, 0.1) is 18.0 Å². The van der Waals surface area contributed by atoms with Gasteiger partial charge < -0.3 is 10.1 Å². The van der Waals surface area contributed by atoms with Crippen LogP contribution in [0.3, 0.4) is 0 Å². The molecule has 0 bridgehead atoms. The Hall–Kier alpha value is -1.65. The van der Waals surface area contributed by atoms with Gasteiger partial charge in [-0.1, -0.05) is 35.9 Å². The molecule has 0 aliphatic carbocycles. The maximum Gasteiger partial charge on any atom is 0.171 e. The standard InChI is InChI=1S/C15H18ClN3O/c1-10-11(2)19-15(14(16)18-10)17-8-12-5-4-6-13(7-12)9-20-3/h4-7H,8-9H2,1-3H3,(H,17,19). The van der Waals surface area contributed by atoms with Gasteiger partial charge in [0.1, 0.15) is 0 Å². The van der Waals surface area contributed by atoms with Crippen molar-refractivity contribution < 1.29 is 4.74 Å². The lowest BCUT2D eigenvalue weighted by Gasteiger charge is -2.10. The Kier molecular flexibility index (Phi) is 4.93. The van der Waals surface area contributed by atoms with Crippen LogP contribution in [-0.2, 0) is 17.9 Å². The van der Waals surface area contributed by atoms with E-state index in [-0.39, 0.29) is 0 Å². The largest absolute Gasteiger partial charge is 0.380 e. The zero-order chi connectivity index (χ0) is 14.5. The van der Waals surface area contributed by atoms with Gasteiger partial charge in [-0.25, -0.2) is 9.97 Å². The van der Waals surface area contributed by atoms with E-state index in [1.165, 1.54) is 0 Å². The summed E-state index contributed by atoms with van der Waals surface area (Å²) >= 11 is 6.09. The predicted molar refractivity (Wildman–Crippen MR) is 81.0 cm³/mol. The van der Waals surface area contributed by atoms with Crippen molar-refractivity contribution in [2.24, 2.45) is 0 Å². The average molecular weight is 292 g/mol. The van der Waals surface area contributed by atoms with E-state index in [1.807, 2.05) is 26.0 Å². The Balaban J connectivity index is 2.08. The van der Waals surface area contributed by atoms with Crippen molar-refractivity contribution in [2.75, 3.05) is 12.4 Å². The number of aryl methyl sites for hydroxylation is 2. The minimum absolute atomic E-state index is 0.404. The molecule has 2 rings (SSSR count). The minimum atomic E-state index is 0.404. The van der Waals surface area contributed by atoms with Crippen molar-refractivity contribution in [3.05, 3.63) is 51.9 Å². The van der Waals surface area contributed by atoms with Gasteiger partial charge in [-0.3, -0.25) is 0 Å². The molecule has 106 valence electrons. The third kappa shape index (κ3) is 3.68. The second-order valence-electron chi connectivity index (χ2n) is 4.64. The Morgan fingerprint density at radius 1 is 1.15 bits per heavy atom. The van der Waals surface area contributed by atoms with Gasteiger partial charge in [0.15, 0.2) is 11.0 Å². The number of nitrogens with zero attached hydrogens (tertiary/aromatic N) is 2. The molecule has 0 unspecified atom stereocenters. The molecule has 1 heterocycles. The van der Waals surface area contributed by atoms with E-state index in [4.69, 9.17) is 16.3 Å². The lowest BCUT2D eigenvalue weighted by molar-refractivity contribution is 0.185. The quantitative estimate of drug-likeness (QED) is 0.916. The number of methoxy groups -OCH3 is 1. The summed E-state index contributed by atoms with van der Waals surface area (Å²) in [7, 11) is 1.69. The summed E-state index contributed by atoms with van der Waals surface area (Å²) in [6.45, 7) is 5.07. The molecular formula is C15H18ClN3O. The number of hydrogen-bond donors (Lipinski definition) is 1. The van der Waals surface area contributed by atoms with Crippen LogP contribution in [0.1, 0.15) is 22.5 Å². The summed E-state index contributed by atoms with van der Waals surface area (Å²) in [6, 6.07) is 8.20. The summed E-state index contributed by atoms with van der Waals surface area (Å²) in [5.41, 5.74) is 4.02. The highest BCUT2D eigenvalue weighted by Crippen LogP contribution is 2.19. The Labute approximate surface area is 124 Å². The number of nitrogens with one attached hydrogen (secondary N) is 1. The highest BCUT2D eigenvalue weighted by molar-refractivity contribution is 6.31. The zero-order valence-electron chi connectivity index (χ0n) is 11.9. The summed E-state index contributed by atoms with van der Waals surface area (Å²) in [4.78, 5) is 8.67. The third-order valence-corrected chi connectivity index (χ3v) is 3.29. The molecule has 1 aromatic carbocycles. The summed E-state index contributed by atoms with van der Waals surface area (Å²) in [6.07, 6.45) is 0. The van der Waals surface area contributed by atoms with Gasteiger partial charge in [0.25, 0.3) is 0 Å². The van der Waals surface area contributed by atoms with Gasteiger partial charge in [-0.2, -0.15) is 0 Å². The molecule has 0 aliphatic heterocycles. The van der Waals surface area contributed by atoms with Crippen LogP contribution in [-0.4, -0.2) is 17.1 Å². The Morgan fingerprint density at radius 3 is 2.60 bits per heavy atom. The monoisotopic (exact) mass is 291 g/mol. The number of benzene rings is 1. The number of hydrogen-bond acceptors (Lipinski definition) is 4. The number of anilines is 1. The number of halogens is 1. The lowest BCUT2D eigenvalue weighted by atomic mass is 10.1. The number of rotatable bonds is 5. The Bertz CT molecular complexity index is 602. The minimum Gasteiger partial charge on any atom is -0.380 e. The summed E-state index contributed by atoms with van der Waals surface area (Å²) in [5, 5.41) is 3.62. The first-order valence-electron chi connectivity index (χ1n) is 6.41. The van der Waals surface area contributed by atoms with Crippen LogP contribution < -0.4 is 5.32 Å². The zero-order valence-corrected chi connectivity index (χ0v) is 12.7. The molecule has 0 saturated heterocycles. The lowest BCUT2D eigenvalue weighted by Crippen LogP contribution is -2.05. The van der Waals surface area contributed by atoms with Crippen LogP contribution >= 0.6 is 11.6 Å². The molecule has 1 aromatic heterocycles. The molecule has 20 heavy (non-hydrogen) atoms. The summed E-state index contributed by atoms with van der Waals surface area (Å²) < 4.78 is 5.13. The maximum absolute atomic E-state index is 6.09. The van der Waals surface area contributed by atoms with Gasteiger partial charge in [-0.05, 0) is 25.0 Å². The molecule has 2 aromatic rings. The first-order chi connectivity index (χ1) is 9.60. The topological polar surface area (TPSA) is 47.0 Å². The molecule has 5 heteroatoms. The van der Waals surface area contributed by atoms with Gasteiger partial charge in [0.2, 0.25) is 0 Å². The van der Waals surface area contributed by atoms with E-state index in [0.717, 1.165) is 22.5 Å². The van der Waals surface area contributed by atoms with Crippen LogP contribution in [0.2, 0.25) is 5.15 Å². The number of ether oxygens (including phenoxy) is 1. The second kappa shape index (κ2) is 6.68. The van der Waals surface area contributed by atoms with Crippen LogP contribution in [0.4, 0.5) is 5.82 Å². The molecule has 4 nitrogen and oxygen atoms in total. The third-order valence-electron chi connectivity index (χ3n) is 3.03. The van der Waals surface area contributed by atoms with E-state index >= 15 is 0 Å². The maximum atomic E-state index is 6.09. The molecule has 0 spiro atoms. The molecule has 0 atom stereocenters. The van der Waals surface area contributed by atoms with Crippen molar-refractivity contribution in [1.29, 1.82) is 0 Å². The molecule has 0 fully saturated rings. The second-order valence-corrected chi connectivity index (χ2v) is 5.00. The Morgan fingerprint density at radius 2 is 1.85 bits per heavy atom. The van der Waals surface area contributed by atoms with Gasteiger partial charge in [-0.15, -0.1) is 0 Å². The van der Waals surface area contributed by atoms with Crippen LogP contribution in [0.5, 0.6) is 0 Å². The molecule has 0 aliphatic rings. The fraction of sp³-hybridized carbons (Fsp3) is 0.333.